The number of carbonyl (C=O) groups is 3. The van der Waals surface area contributed by atoms with Crippen LogP contribution in [0.3, 0.4) is 0 Å². The van der Waals surface area contributed by atoms with Gasteiger partial charge in [-0.1, -0.05) is 45.0 Å². The van der Waals surface area contributed by atoms with Gasteiger partial charge < -0.3 is 5.32 Å². The van der Waals surface area contributed by atoms with Crippen molar-refractivity contribution in [2.75, 3.05) is 6.54 Å². The summed E-state index contributed by atoms with van der Waals surface area (Å²) in [6, 6.07) is 8.85. The maximum Gasteiger partial charge on any atom is 0.325 e. The molecule has 0 radical (unpaired) electrons. The number of amides is 3. The first-order valence-electron chi connectivity index (χ1n) is 9.57. The van der Waals surface area contributed by atoms with E-state index in [1.165, 1.54) is 0 Å². The number of urea groups is 1. The molecule has 1 atom stereocenters. The largest absolute Gasteiger partial charge is 0.325 e. The van der Waals surface area contributed by atoms with Crippen molar-refractivity contribution in [2.45, 2.75) is 51.0 Å². The Bertz CT molecular complexity index is 955. The summed E-state index contributed by atoms with van der Waals surface area (Å²) in [4.78, 5) is 40.8. The third kappa shape index (κ3) is 2.96. The molecule has 3 amide bonds. The average Bonchev–Trinajstić information content (AvgIpc) is 3.22. The molecule has 0 bridgehead atoms. The first kappa shape index (κ1) is 18.9. The smallest absolute Gasteiger partial charge is 0.319 e. The molecule has 1 saturated heterocycles. The number of rotatable bonds is 3. The van der Waals surface area contributed by atoms with Gasteiger partial charge in [-0.25, -0.2) is 4.79 Å². The summed E-state index contributed by atoms with van der Waals surface area (Å²) in [5, 5.41) is 4.85. The third-order valence-corrected chi connectivity index (χ3v) is 6.69. The molecule has 2 heterocycles. The third-order valence-electron chi connectivity index (χ3n) is 5.71. The molecule has 1 aliphatic carbocycles. The Labute approximate surface area is 168 Å². The van der Waals surface area contributed by atoms with Crippen molar-refractivity contribution >= 4 is 29.1 Å². The van der Waals surface area contributed by atoms with Gasteiger partial charge in [0.25, 0.3) is 5.91 Å². The summed E-state index contributed by atoms with van der Waals surface area (Å²) in [6.07, 6.45) is 2.35. The molecule has 28 heavy (non-hydrogen) atoms. The van der Waals surface area contributed by atoms with E-state index >= 15 is 0 Å². The molecule has 2 aromatic rings. The first-order valence-corrected chi connectivity index (χ1v) is 10.4. The van der Waals surface area contributed by atoms with Crippen molar-refractivity contribution in [1.82, 2.24) is 10.2 Å². The number of aryl methyl sites for hydroxylation is 1. The second-order valence-electron chi connectivity index (χ2n) is 8.59. The number of hydrogen-bond donors (Lipinski definition) is 1. The predicted octanol–water partition coefficient (Wildman–Crippen LogP) is 4.01. The van der Waals surface area contributed by atoms with Crippen LogP contribution in [-0.2, 0) is 22.2 Å². The van der Waals surface area contributed by atoms with Gasteiger partial charge in [-0.15, -0.1) is 11.3 Å². The highest BCUT2D eigenvalue weighted by molar-refractivity contribution is 7.10. The molecule has 1 fully saturated rings. The molecule has 1 unspecified atom stereocenters. The Kier molecular flexibility index (Phi) is 4.42. The summed E-state index contributed by atoms with van der Waals surface area (Å²) in [6.45, 7) is 6.10. The molecule has 1 aromatic carbocycles. The van der Waals surface area contributed by atoms with Crippen LogP contribution < -0.4 is 5.32 Å². The highest BCUT2D eigenvalue weighted by Gasteiger charge is 2.54. The molecular formula is C22H24N2O3S. The number of nitrogens with zero attached hydrogens (tertiary/aromatic N) is 1. The Morgan fingerprint density at radius 1 is 1.18 bits per heavy atom. The Morgan fingerprint density at radius 2 is 1.89 bits per heavy atom. The molecule has 1 spiro atoms. The van der Waals surface area contributed by atoms with Crippen LogP contribution in [0.5, 0.6) is 0 Å². The van der Waals surface area contributed by atoms with E-state index in [0.717, 1.165) is 33.7 Å². The van der Waals surface area contributed by atoms with Crippen molar-refractivity contribution < 1.29 is 14.4 Å². The van der Waals surface area contributed by atoms with E-state index in [1.807, 2.05) is 23.6 Å². The highest BCUT2D eigenvalue weighted by Crippen LogP contribution is 2.42. The summed E-state index contributed by atoms with van der Waals surface area (Å²) in [5.74, 6) is -0.543. The first-order chi connectivity index (χ1) is 13.2. The minimum atomic E-state index is -0.999. The molecule has 0 saturated carbocycles. The van der Waals surface area contributed by atoms with Gasteiger partial charge in [0.05, 0.1) is 6.54 Å². The van der Waals surface area contributed by atoms with E-state index < -0.39 is 11.6 Å². The van der Waals surface area contributed by atoms with E-state index in [1.54, 1.807) is 23.5 Å². The predicted molar refractivity (Wildman–Crippen MR) is 109 cm³/mol. The fraction of sp³-hybridized carbons (Fsp3) is 0.409. The van der Waals surface area contributed by atoms with E-state index in [0.29, 0.717) is 12.0 Å². The average molecular weight is 397 g/mol. The maximum absolute atomic E-state index is 13.2. The zero-order valence-electron chi connectivity index (χ0n) is 16.4. The number of hydrogen-bond acceptors (Lipinski definition) is 4. The highest BCUT2D eigenvalue weighted by atomic mass is 32.1. The molecule has 1 aromatic heterocycles. The van der Waals surface area contributed by atoms with Gasteiger partial charge in [-0.05, 0) is 41.7 Å². The zero-order chi connectivity index (χ0) is 20.1. The molecule has 6 heteroatoms. The number of nitrogens with one attached hydrogen (secondary N) is 1. The van der Waals surface area contributed by atoms with Crippen LogP contribution in [0.15, 0.2) is 35.7 Å². The van der Waals surface area contributed by atoms with Crippen LogP contribution >= 0.6 is 11.3 Å². The Morgan fingerprint density at radius 3 is 2.57 bits per heavy atom. The topological polar surface area (TPSA) is 66.5 Å². The van der Waals surface area contributed by atoms with Gasteiger partial charge in [-0.3, -0.25) is 14.5 Å². The molecule has 1 N–H and O–H groups in total. The van der Waals surface area contributed by atoms with E-state index in [4.69, 9.17) is 0 Å². The fourth-order valence-electron chi connectivity index (χ4n) is 4.08. The fourth-order valence-corrected chi connectivity index (χ4v) is 5.08. The molecule has 1 aliphatic heterocycles. The van der Waals surface area contributed by atoms with Crippen LogP contribution in [0.25, 0.3) is 0 Å². The number of thiophene rings is 1. The molecular weight excluding hydrogens is 372 g/mol. The molecule has 4 rings (SSSR count). The Hall–Kier alpha value is -2.47. The van der Waals surface area contributed by atoms with E-state index in [-0.39, 0.29) is 23.7 Å². The van der Waals surface area contributed by atoms with Crippen molar-refractivity contribution in [2.24, 2.45) is 0 Å². The number of carbonyl (C=O) groups excluding carboxylic acids is 3. The number of ketones is 1. The summed E-state index contributed by atoms with van der Waals surface area (Å²) >= 11 is 1.62. The lowest BCUT2D eigenvalue weighted by molar-refractivity contribution is -0.131. The van der Waals surface area contributed by atoms with Crippen LogP contribution in [0.2, 0.25) is 0 Å². The van der Waals surface area contributed by atoms with Crippen LogP contribution in [-0.4, -0.2) is 29.2 Å². The van der Waals surface area contributed by atoms with Crippen molar-refractivity contribution in [3.05, 3.63) is 57.3 Å². The monoisotopic (exact) mass is 396 g/mol. The van der Waals surface area contributed by atoms with Crippen molar-refractivity contribution in [3.63, 3.8) is 0 Å². The zero-order valence-corrected chi connectivity index (χ0v) is 17.2. The lowest BCUT2D eigenvalue weighted by Gasteiger charge is -2.31. The summed E-state index contributed by atoms with van der Waals surface area (Å²) < 4.78 is 0. The van der Waals surface area contributed by atoms with Gasteiger partial charge in [0.1, 0.15) is 5.54 Å². The van der Waals surface area contributed by atoms with Crippen LogP contribution in [0.4, 0.5) is 4.79 Å². The molecule has 5 nitrogen and oxygen atoms in total. The van der Waals surface area contributed by atoms with Gasteiger partial charge in [0.2, 0.25) is 0 Å². The number of fused-ring (bicyclic) bond motifs is 2. The van der Waals surface area contributed by atoms with Gasteiger partial charge in [-0.2, -0.15) is 0 Å². The second kappa shape index (κ2) is 6.55. The maximum atomic E-state index is 13.2. The lowest BCUT2D eigenvalue weighted by atomic mass is 9.80. The van der Waals surface area contributed by atoms with Gasteiger partial charge in [0.15, 0.2) is 5.78 Å². The van der Waals surface area contributed by atoms with Gasteiger partial charge in [0, 0.05) is 16.0 Å². The summed E-state index contributed by atoms with van der Waals surface area (Å²) in [7, 11) is 0. The SMILES string of the molecule is CC(C)(C)c1ccc(C(=O)CN2C(=O)NC3(CCCc4sccc43)C2=O)cc1. The minimum Gasteiger partial charge on any atom is -0.319 e. The molecule has 2 aliphatic rings. The summed E-state index contributed by atoms with van der Waals surface area (Å²) in [5.41, 5.74) is 1.53. The quantitative estimate of drug-likeness (QED) is 0.630. The second-order valence-corrected chi connectivity index (χ2v) is 9.59. The number of imide groups is 1. The van der Waals surface area contributed by atoms with Crippen molar-refractivity contribution in [1.29, 1.82) is 0 Å². The lowest BCUT2D eigenvalue weighted by Crippen LogP contribution is -2.46. The Balaban J connectivity index is 1.56. The number of benzene rings is 1. The normalized spacial score (nSPS) is 21.8. The van der Waals surface area contributed by atoms with E-state index in [2.05, 4.69) is 26.1 Å². The van der Waals surface area contributed by atoms with Crippen molar-refractivity contribution in [3.8, 4) is 0 Å². The van der Waals surface area contributed by atoms with Crippen LogP contribution in [0, 0.1) is 0 Å². The standard InChI is InChI=1S/C22H24N2O3S/c1-21(2,3)15-8-6-14(7-9-15)17(25)13-24-19(26)22(23-20(24)27)11-4-5-18-16(22)10-12-28-18/h6-10,12H,4-5,11,13H2,1-3H3,(H,23,27). The molecule has 146 valence electrons. The van der Waals surface area contributed by atoms with Crippen LogP contribution in [0.1, 0.15) is 60.0 Å². The minimum absolute atomic E-state index is 0.00200. The van der Waals surface area contributed by atoms with E-state index in [9.17, 15) is 14.4 Å². The van der Waals surface area contributed by atoms with Gasteiger partial charge >= 0.3 is 6.03 Å². The number of Topliss-reactive ketones (excluding diaryl/α,β-unsaturated/α-hetero) is 1.